The highest BCUT2D eigenvalue weighted by Crippen LogP contribution is 2.39. The molecule has 90 valence electrons. The van der Waals surface area contributed by atoms with Gasteiger partial charge >= 0.3 is 25.3 Å². The van der Waals surface area contributed by atoms with Crippen LogP contribution in [0, 0.1) is 0 Å². The molecular weight excluding hydrogens is 235 g/mol. The highest BCUT2D eigenvalue weighted by molar-refractivity contribution is 7.38. The number of rotatable bonds is 6. The lowest BCUT2D eigenvalue weighted by atomic mass is 10.2. The molecule has 0 aromatic carbocycles. The molecule has 0 aromatic heterocycles. The van der Waals surface area contributed by atoms with Crippen LogP contribution in [0.1, 0.15) is 26.7 Å². The van der Waals surface area contributed by atoms with Crippen molar-refractivity contribution in [2.24, 2.45) is 0 Å². The third-order valence-corrected chi connectivity index (χ3v) is 3.48. The van der Waals surface area contributed by atoms with Gasteiger partial charge in [0, 0.05) is 25.0 Å². The Hall–Kier alpha value is -1.26. The molecule has 0 aliphatic heterocycles. The summed E-state index contributed by atoms with van der Waals surface area (Å²) < 4.78 is 15.7. The number of carbonyl (C=O) groups excluding carboxylic acids is 1. The van der Waals surface area contributed by atoms with Crippen LogP contribution in [0.15, 0.2) is 12.2 Å². The molecule has 1 unspecified atom stereocenters. The van der Waals surface area contributed by atoms with E-state index in [2.05, 4.69) is 0 Å². The monoisotopic (exact) mass is 248 g/mol. The molecule has 0 saturated carbocycles. The smallest absolute Gasteiger partial charge is 0.357 e. The van der Waals surface area contributed by atoms with Gasteiger partial charge in [0.25, 0.3) is 0 Å². The Bertz CT molecular complexity index is 318. The van der Waals surface area contributed by atoms with Gasteiger partial charge in [0.2, 0.25) is 0 Å². The van der Waals surface area contributed by atoms with Gasteiger partial charge in [-0.1, -0.05) is 18.4 Å². The Balaban J connectivity index is 4.71. The van der Waals surface area contributed by atoms with E-state index < -0.39 is 25.3 Å². The average Bonchev–Trinajstić information content (AvgIpc) is 2.22. The van der Waals surface area contributed by atoms with Crippen LogP contribution in [0.4, 0.5) is 0 Å². The van der Waals surface area contributed by atoms with Crippen molar-refractivity contribution in [2.75, 3.05) is 0 Å². The second kappa shape index (κ2) is 6.35. The SMILES string of the molecule is CCC(CC)(OC(=O)C=CC(=O)O)[P+](=O)[O-]. The van der Waals surface area contributed by atoms with Gasteiger partial charge in [0.15, 0.2) is 0 Å². The van der Waals surface area contributed by atoms with Crippen LogP contribution < -0.4 is 4.89 Å². The summed E-state index contributed by atoms with van der Waals surface area (Å²) in [6.07, 6.45) is 1.52. The maximum Gasteiger partial charge on any atom is 0.357 e. The van der Waals surface area contributed by atoms with Gasteiger partial charge in [-0.2, -0.15) is 0 Å². The zero-order valence-corrected chi connectivity index (χ0v) is 9.90. The summed E-state index contributed by atoms with van der Waals surface area (Å²) in [7, 11) is -2.93. The summed E-state index contributed by atoms with van der Waals surface area (Å²) in [5, 5.41) is 6.72. The molecule has 0 aliphatic carbocycles. The second-order valence-corrected chi connectivity index (χ2v) is 4.33. The number of carbonyl (C=O) groups is 2. The maximum atomic E-state index is 11.1. The molecule has 1 atom stereocenters. The first kappa shape index (κ1) is 14.7. The normalized spacial score (nSPS) is 12.6. The number of esters is 1. The van der Waals surface area contributed by atoms with Crippen molar-refractivity contribution in [3.05, 3.63) is 12.2 Å². The number of aliphatic carboxylic acids is 1. The van der Waals surface area contributed by atoms with Crippen molar-refractivity contribution in [2.45, 2.75) is 32.0 Å². The van der Waals surface area contributed by atoms with E-state index in [-0.39, 0.29) is 12.8 Å². The van der Waals surface area contributed by atoms with Gasteiger partial charge in [-0.15, -0.1) is 0 Å². The molecule has 0 bridgehead atoms. The zero-order valence-electron chi connectivity index (χ0n) is 9.00. The minimum absolute atomic E-state index is 0.120. The zero-order chi connectivity index (χ0) is 12.8. The molecule has 0 amide bonds. The highest BCUT2D eigenvalue weighted by Gasteiger charge is 2.43. The molecule has 0 rings (SSSR count). The lowest BCUT2D eigenvalue weighted by Crippen LogP contribution is -2.32. The number of carboxylic acid groups (broad SMARTS) is 1. The lowest BCUT2D eigenvalue weighted by molar-refractivity contribution is -0.187. The molecule has 16 heavy (non-hydrogen) atoms. The Labute approximate surface area is 93.8 Å². The van der Waals surface area contributed by atoms with Crippen molar-refractivity contribution in [3.8, 4) is 0 Å². The fourth-order valence-electron chi connectivity index (χ4n) is 1.05. The van der Waals surface area contributed by atoms with E-state index in [1.807, 2.05) is 0 Å². The molecule has 0 fully saturated rings. The predicted octanol–water partition coefficient (Wildman–Crippen LogP) is 0.789. The molecular formula is C9H13O6P. The number of hydrogen-bond acceptors (Lipinski definition) is 5. The standard InChI is InChI=1S/C9H13O6P/c1-3-9(4-2,16(13)14)15-8(12)6-5-7(10)11/h5-6H,3-4H2,1-2H3,(H,10,11). The van der Waals surface area contributed by atoms with E-state index in [1.54, 1.807) is 13.8 Å². The van der Waals surface area contributed by atoms with E-state index in [4.69, 9.17) is 9.84 Å². The van der Waals surface area contributed by atoms with E-state index >= 15 is 0 Å². The third-order valence-electron chi connectivity index (χ3n) is 2.09. The molecule has 0 spiro atoms. The summed E-state index contributed by atoms with van der Waals surface area (Å²) in [5.41, 5.74) is 0. The van der Waals surface area contributed by atoms with Gasteiger partial charge in [-0.3, -0.25) is 0 Å². The molecule has 0 radical (unpaired) electrons. The Morgan fingerprint density at radius 3 is 2.19 bits per heavy atom. The molecule has 0 aromatic rings. The van der Waals surface area contributed by atoms with Crippen molar-refractivity contribution in [3.63, 3.8) is 0 Å². The number of hydrogen-bond donors (Lipinski definition) is 1. The summed E-state index contributed by atoms with van der Waals surface area (Å²) in [4.78, 5) is 32.3. The average molecular weight is 248 g/mol. The lowest BCUT2D eigenvalue weighted by Gasteiger charge is -2.21. The van der Waals surface area contributed by atoms with E-state index in [0.717, 1.165) is 0 Å². The summed E-state index contributed by atoms with van der Waals surface area (Å²) >= 11 is 0. The molecule has 0 heterocycles. The topological polar surface area (TPSA) is 104 Å². The summed E-state index contributed by atoms with van der Waals surface area (Å²) in [6.45, 7) is 3.14. The van der Waals surface area contributed by atoms with Crippen molar-refractivity contribution < 1.29 is 28.9 Å². The Morgan fingerprint density at radius 1 is 1.38 bits per heavy atom. The summed E-state index contributed by atoms with van der Waals surface area (Å²) in [5.74, 6) is -2.28. The largest absolute Gasteiger partial charge is 0.592 e. The third kappa shape index (κ3) is 4.08. The van der Waals surface area contributed by atoms with Gasteiger partial charge in [-0.25, -0.2) is 9.59 Å². The fraction of sp³-hybridized carbons (Fsp3) is 0.556. The van der Waals surface area contributed by atoms with Crippen LogP contribution in [0.3, 0.4) is 0 Å². The highest BCUT2D eigenvalue weighted by atomic mass is 31.1. The van der Waals surface area contributed by atoms with Crippen LogP contribution in [0.25, 0.3) is 0 Å². The van der Waals surface area contributed by atoms with Crippen LogP contribution >= 0.6 is 8.03 Å². The molecule has 0 saturated heterocycles. The second-order valence-electron chi connectivity index (χ2n) is 3.00. The summed E-state index contributed by atoms with van der Waals surface area (Å²) in [6, 6.07) is 0. The Morgan fingerprint density at radius 2 is 1.88 bits per heavy atom. The van der Waals surface area contributed by atoms with E-state index in [9.17, 15) is 19.0 Å². The van der Waals surface area contributed by atoms with Crippen LogP contribution in [0.5, 0.6) is 0 Å². The van der Waals surface area contributed by atoms with Gasteiger partial charge in [0.1, 0.15) is 0 Å². The minimum atomic E-state index is -2.93. The van der Waals surface area contributed by atoms with Crippen LogP contribution in [-0.4, -0.2) is 22.4 Å². The molecule has 7 heteroatoms. The van der Waals surface area contributed by atoms with Crippen molar-refractivity contribution in [1.29, 1.82) is 0 Å². The molecule has 1 N–H and O–H groups in total. The number of ether oxygens (including phenoxy) is 1. The Kier molecular flexibility index (Phi) is 5.85. The van der Waals surface area contributed by atoms with Crippen LogP contribution in [-0.2, 0) is 18.9 Å². The van der Waals surface area contributed by atoms with Crippen LogP contribution in [0.2, 0.25) is 0 Å². The predicted molar refractivity (Wildman–Crippen MR) is 53.8 cm³/mol. The van der Waals surface area contributed by atoms with Crippen molar-refractivity contribution in [1.82, 2.24) is 0 Å². The first-order valence-electron chi connectivity index (χ1n) is 4.66. The molecule has 0 aliphatic rings. The minimum Gasteiger partial charge on any atom is -0.592 e. The van der Waals surface area contributed by atoms with E-state index in [1.165, 1.54) is 0 Å². The molecule has 6 nitrogen and oxygen atoms in total. The maximum absolute atomic E-state index is 11.1. The quantitative estimate of drug-likeness (QED) is 0.423. The van der Waals surface area contributed by atoms with Gasteiger partial charge in [-0.05, 0) is 0 Å². The first-order chi connectivity index (χ1) is 7.38. The van der Waals surface area contributed by atoms with Crippen molar-refractivity contribution >= 4 is 20.0 Å². The van der Waals surface area contributed by atoms with E-state index in [0.29, 0.717) is 12.2 Å². The van der Waals surface area contributed by atoms with Gasteiger partial charge < -0.3 is 14.7 Å². The van der Waals surface area contributed by atoms with Gasteiger partial charge in [0.05, 0.1) is 0 Å². The first-order valence-corrected chi connectivity index (χ1v) is 5.84. The number of carboxylic acids is 1. The fourth-order valence-corrected chi connectivity index (χ4v) is 1.73.